The average Bonchev–Trinajstić information content (AvgIpc) is 0.782. The number of nitrogens with zero attached hydrogens (tertiary/aromatic N) is 15. The van der Waals surface area contributed by atoms with Gasteiger partial charge in [0.15, 0.2) is 0 Å². The van der Waals surface area contributed by atoms with Crippen LogP contribution in [0, 0.1) is 0 Å². The van der Waals surface area contributed by atoms with E-state index in [1.54, 1.807) is 0 Å². The van der Waals surface area contributed by atoms with Gasteiger partial charge in [-0.15, -0.1) is 0 Å². The maximum atomic E-state index is 6.95. The Kier molecular flexibility index (Phi) is 10.6. The third-order valence-corrected chi connectivity index (χ3v) is 31.6. The molecular weight excluding hydrogens is 1170 g/mol. The predicted octanol–water partition coefficient (Wildman–Crippen LogP) is 14.5. The number of benzene rings is 6. The van der Waals surface area contributed by atoms with E-state index in [2.05, 4.69) is 215 Å². The van der Waals surface area contributed by atoms with Crippen LogP contribution < -0.4 is 31.8 Å². The van der Waals surface area contributed by atoms with E-state index in [1.807, 2.05) is 73.6 Å². The van der Waals surface area contributed by atoms with E-state index in [-0.39, 0.29) is 0 Å². The number of aryl methyl sites for hydroxylation is 6. The van der Waals surface area contributed by atoms with E-state index in [4.69, 9.17) is 43.5 Å². The second-order valence-electron chi connectivity index (χ2n) is 23.9. The van der Waals surface area contributed by atoms with Gasteiger partial charge >= 0.3 is 0 Å². The largest absolute Gasteiger partial charge is 0.342 e. The van der Waals surface area contributed by atoms with Gasteiger partial charge in [-0.2, -0.15) is 0 Å². The molecule has 0 spiro atoms. The molecule has 0 unspecified atom stereocenters. The zero-order valence-electron chi connectivity index (χ0n) is 49.8. The Morgan fingerprint density at radius 1 is 0.211 bits per heavy atom. The standard InChI is InChI=1S/C72H54N15P3/c1-82-55-25-19-43(37-49(55)67-61(82)13-7-31-73-67)88(44-20-26-56-50(38-44)68-62(83(56)2)14-8-32-74-68)79-89(45-21-27-57-51(39-45)69-63(84(57)3)15-9-33-75-69,46-22-28-58-52(40-46)70-64(85(58)4)16-10-34-76-70)81-90(80-88,47-23-29-59-53(41-47)71-65(86(59)5)17-11-35-77-71)48-24-30-60-54(42-48)72-66(87(60)6)18-12-36-78-72/h7-42H,1-6H3. The Morgan fingerprint density at radius 2 is 0.378 bits per heavy atom. The van der Waals surface area contributed by atoms with Crippen LogP contribution in [-0.2, 0) is 42.3 Å². The zero-order valence-corrected chi connectivity index (χ0v) is 52.5. The summed E-state index contributed by atoms with van der Waals surface area (Å²) in [6, 6.07) is 66.8. The summed E-state index contributed by atoms with van der Waals surface area (Å²) < 4.78 is 34.4. The molecule has 0 fully saturated rings. The number of aromatic nitrogens is 12. The number of rotatable bonds is 6. The minimum Gasteiger partial charge on any atom is -0.342 e. The molecule has 0 bridgehead atoms. The summed E-state index contributed by atoms with van der Waals surface area (Å²) in [4.78, 5) is 30.9. The van der Waals surface area contributed by atoms with E-state index in [1.165, 1.54) is 0 Å². The molecule has 0 aliphatic carbocycles. The SMILES string of the molecule is Cn1c2ccc(P3(c4ccc5c(c4)c4ncccc4n5C)=NP(c4ccc5c(c4)c4ncccc4n5C)(c4ccc5c(c4)c4ncccc4n5C)=NP(c4ccc5c(c4)c4ncccc4n5C)(c4ccc5c(c4)c4ncccc4n5C)=N3)cc2c2ncccc21. The monoisotopic (exact) mass is 1220 g/mol. The van der Waals surface area contributed by atoms with Crippen LogP contribution in [0.4, 0.5) is 0 Å². The van der Waals surface area contributed by atoms with Gasteiger partial charge in [-0.25, -0.2) is 13.5 Å². The van der Waals surface area contributed by atoms with E-state index < -0.39 is 21.6 Å². The van der Waals surface area contributed by atoms with Crippen molar-refractivity contribution in [2.75, 3.05) is 0 Å². The Hall–Kier alpha value is -10.3. The highest BCUT2D eigenvalue weighted by Gasteiger charge is 2.44. The predicted molar refractivity (Wildman–Crippen MR) is 375 cm³/mol. The van der Waals surface area contributed by atoms with Crippen LogP contribution in [0.15, 0.2) is 233 Å². The van der Waals surface area contributed by atoms with E-state index >= 15 is 0 Å². The molecule has 432 valence electrons. The van der Waals surface area contributed by atoms with Gasteiger partial charge in [0.25, 0.3) is 0 Å². The molecule has 18 heteroatoms. The van der Waals surface area contributed by atoms with Crippen molar-refractivity contribution in [3.63, 3.8) is 0 Å². The van der Waals surface area contributed by atoms with E-state index in [9.17, 15) is 0 Å². The zero-order chi connectivity index (χ0) is 60.1. The average molecular weight is 1220 g/mol. The van der Waals surface area contributed by atoms with Gasteiger partial charge in [0.05, 0.1) is 99.3 Å². The third-order valence-electron chi connectivity index (χ3n) is 19.4. The second-order valence-corrected chi connectivity index (χ2v) is 32.7. The molecule has 0 atom stereocenters. The van der Waals surface area contributed by atoms with Crippen molar-refractivity contribution in [3.05, 3.63) is 219 Å². The minimum atomic E-state index is -3.66. The maximum Gasteiger partial charge on any atom is 0.138 e. The van der Waals surface area contributed by atoms with Crippen LogP contribution in [0.25, 0.3) is 132 Å². The van der Waals surface area contributed by atoms with Crippen LogP contribution in [0.1, 0.15) is 0 Å². The molecule has 0 saturated carbocycles. The van der Waals surface area contributed by atoms with E-state index in [0.717, 1.165) is 163 Å². The molecule has 15 nitrogen and oxygen atoms in total. The van der Waals surface area contributed by atoms with Crippen molar-refractivity contribution in [1.82, 2.24) is 57.3 Å². The lowest BCUT2D eigenvalue weighted by Gasteiger charge is -2.38. The highest BCUT2D eigenvalue weighted by molar-refractivity contribution is 8.00. The van der Waals surface area contributed by atoms with Crippen molar-refractivity contribution in [2.24, 2.45) is 55.8 Å². The fraction of sp³-hybridized carbons (Fsp3) is 0.0833. The summed E-state index contributed by atoms with van der Waals surface area (Å²) in [6.07, 6.45) is 11.4. The van der Waals surface area contributed by atoms with Crippen LogP contribution in [0.3, 0.4) is 0 Å². The van der Waals surface area contributed by atoms with Gasteiger partial charge in [0.2, 0.25) is 0 Å². The summed E-state index contributed by atoms with van der Waals surface area (Å²) in [6.45, 7) is 0. The molecule has 1 aliphatic heterocycles. The Bertz CT molecular complexity index is 5440. The Balaban J connectivity index is 1.10. The highest BCUT2D eigenvalue weighted by Crippen LogP contribution is 2.77. The molecule has 0 N–H and O–H groups in total. The number of hydrogen-bond donors (Lipinski definition) is 0. The molecule has 18 aromatic rings. The fourth-order valence-electron chi connectivity index (χ4n) is 14.9. The molecule has 12 aromatic heterocycles. The lowest BCUT2D eigenvalue weighted by Crippen LogP contribution is -2.25. The van der Waals surface area contributed by atoms with E-state index in [0.29, 0.717) is 0 Å². The summed E-state index contributed by atoms with van der Waals surface area (Å²) in [5, 5.41) is 12.1. The van der Waals surface area contributed by atoms with Gasteiger partial charge in [-0.3, -0.25) is 29.9 Å². The van der Waals surface area contributed by atoms with Gasteiger partial charge in [0, 0.05) is 144 Å². The van der Waals surface area contributed by atoms with Crippen molar-refractivity contribution >= 4 is 185 Å². The molecule has 19 rings (SSSR count). The number of hydrogen-bond acceptors (Lipinski definition) is 9. The van der Waals surface area contributed by atoms with Gasteiger partial charge in [-0.1, -0.05) is 0 Å². The second kappa shape index (κ2) is 18.4. The molecule has 6 aromatic carbocycles. The summed E-state index contributed by atoms with van der Waals surface area (Å²) in [7, 11) is 1.81. The first-order chi connectivity index (χ1) is 44.0. The molecule has 0 radical (unpaired) electrons. The molecule has 0 amide bonds. The van der Waals surface area contributed by atoms with Crippen LogP contribution in [0.2, 0.25) is 0 Å². The van der Waals surface area contributed by atoms with Crippen LogP contribution in [0.5, 0.6) is 0 Å². The number of pyridine rings is 6. The van der Waals surface area contributed by atoms with Gasteiger partial charge < -0.3 is 27.4 Å². The summed E-state index contributed by atoms with van der Waals surface area (Å²) in [5.74, 6) is 0. The molecule has 1 aliphatic rings. The summed E-state index contributed by atoms with van der Waals surface area (Å²) >= 11 is 0. The third kappa shape index (κ3) is 6.78. The van der Waals surface area contributed by atoms with Crippen molar-refractivity contribution in [3.8, 4) is 0 Å². The lowest BCUT2D eigenvalue weighted by molar-refractivity contribution is 1.01. The lowest BCUT2D eigenvalue weighted by atomic mass is 10.2. The quantitative estimate of drug-likeness (QED) is 0.152. The first kappa shape index (κ1) is 51.7. The molecule has 13 heterocycles. The van der Waals surface area contributed by atoms with Crippen molar-refractivity contribution in [2.45, 2.75) is 0 Å². The Labute approximate surface area is 514 Å². The first-order valence-corrected chi connectivity index (χ1v) is 35.0. The fourth-order valence-corrected chi connectivity index (χ4v) is 30.2. The molecule has 90 heavy (non-hydrogen) atoms. The highest BCUT2D eigenvalue weighted by atomic mass is 31.3. The normalized spacial score (nSPS) is 14.9. The van der Waals surface area contributed by atoms with Crippen molar-refractivity contribution in [1.29, 1.82) is 0 Å². The summed E-state index contributed by atoms with van der Waals surface area (Å²) in [5.41, 5.74) is 18.1. The topological polar surface area (TPSA) is 144 Å². The smallest absolute Gasteiger partial charge is 0.138 e. The first-order valence-electron chi connectivity index (χ1n) is 30.0. The van der Waals surface area contributed by atoms with Crippen LogP contribution in [-0.4, -0.2) is 57.3 Å². The van der Waals surface area contributed by atoms with Gasteiger partial charge in [0.1, 0.15) is 21.6 Å². The van der Waals surface area contributed by atoms with Crippen LogP contribution >= 0.6 is 21.6 Å². The number of fused-ring (bicyclic) bond motifs is 18. The minimum absolute atomic E-state index is 0.915. The van der Waals surface area contributed by atoms with Gasteiger partial charge in [-0.05, 0) is 182 Å². The molecule has 0 saturated heterocycles. The Morgan fingerprint density at radius 3 is 0.544 bits per heavy atom. The van der Waals surface area contributed by atoms with Crippen molar-refractivity contribution < 1.29 is 0 Å². The maximum absolute atomic E-state index is 6.95. The molecular formula is C72H54N15P3.